The standard InChI is InChI=1S/C18H20FN3O4S/c1-3-22(27(25,26)17-6-4-5-14(19)11-17)12-18(24)21-16-9-7-15(8-10-16)20-13(2)23/h4-11H,3,12H2,1-2H3,(H,20,23)(H,21,24). The largest absolute Gasteiger partial charge is 0.326 e. The van der Waals surface area contributed by atoms with Crippen molar-refractivity contribution >= 4 is 33.2 Å². The zero-order valence-corrected chi connectivity index (χ0v) is 15.7. The number of carbonyl (C=O) groups excluding carboxylic acids is 2. The fraction of sp³-hybridized carbons (Fsp3) is 0.222. The molecule has 2 rings (SSSR count). The highest BCUT2D eigenvalue weighted by molar-refractivity contribution is 7.89. The summed E-state index contributed by atoms with van der Waals surface area (Å²) in [4.78, 5) is 23.0. The SMILES string of the molecule is CCN(CC(=O)Nc1ccc(NC(C)=O)cc1)S(=O)(=O)c1cccc(F)c1. The monoisotopic (exact) mass is 393 g/mol. The second kappa shape index (κ2) is 8.74. The van der Waals surface area contributed by atoms with Gasteiger partial charge in [0.05, 0.1) is 11.4 Å². The van der Waals surface area contributed by atoms with Gasteiger partial charge in [-0.25, -0.2) is 12.8 Å². The molecule has 9 heteroatoms. The van der Waals surface area contributed by atoms with Crippen molar-refractivity contribution in [3.05, 3.63) is 54.3 Å². The molecule has 0 spiro atoms. The highest BCUT2D eigenvalue weighted by Gasteiger charge is 2.25. The average Bonchev–Trinajstić information content (AvgIpc) is 2.60. The Morgan fingerprint density at radius 2 is 1.63 bits per heavy atom. The van der Waals surface area contributed by atoms with Gasteiger partial charge in [-0.15, -0.1) is 0 Å². The van der Waals surface area contributed by atoms with E-state index in [0.717, 1.165) is 16.4 Å². The van der Waals surface area contributed by atoms with Crippen molar-refractivity contribution in [2.75, 3.05) is 23.7 Å². The van der Waals surface area contributed by atoms with E-state index >= 15 is 0 Å². The summed E-state index contributed by atoms with van der Waals surface area (Å²) in [6, 6.07) is 11.0. The van der Waals surface area contributed by atoms with Crippen LogP contribution < -0.4 is 10.6 Å². The molecule has 0 fully saturated rings. The second-order valence-electron chi connectivity index (χ2n) is 5.70. The summed E-state index contributed by atoms with van der Waals surface area (Å²) >= 11 is 0. The molecule has 0 unspecified atom stereocenters. The van der Waals surface area contributed by atoms with Crippen molar-refractivity contribution < 1.29 is 22.4 Å². The van der Waals surface area contributed by atoms with E-state index in [9.17, 15) is 22.4 Å². The summed E-state index contributed by atoms with van der Waals surface area (Å²) in [6.07, 6.45) is 0. The Morgan fingerprint density at radius 3 is 2.15 bits per heavy atom. The second-order valence-corrected chi connectivity index (χ2v) is 7.63. The Balaban J connectivity index is 2.07. The normalized spacial score (nSPS) is 11.3. The number of hydrogen-bond donors (Lipinski definition) is 2. The molecule has 0 aliphatic heterocycles. The van der Waals surface area contributed by atoms with Crippen molar-refractivity contribution in [1.82, 2.24) is 4.31 Å². The number of rotatable bonds is 7. The lowest BCUT2D eigenvalue weighted by Gasteiger charge is -2.20. The molecule has 2 aromatic rings. The molecule has 144 valence electrons. The molecule has 7 nitrogen and oxygen atoms in total. The van der Waals surface area contributed by atoms with Crippen molar-refractivity contribution in [2.24, 2.45) is 0 Å². The minimum Gasteiger partial charge on any atom is -0.326 e. The predicted molar refractivity (Wildman–Crippen MR) is 100 cm³/mol. The Hall–Kier alpha value is -2.78. The molecule has 0 aliphatic carbocycles. The van der Waals surface area contributed by atoms with Crippen LogP contribution in [0.25, 0.3) is 0 Å². The Morgan fingerprint density at radius 1 is 1.04 bits per heavy atom. The lowest BCUT2D eigenvalue weighted by atomic mass is 10.2. The first kappa shape index (κ1) is 20.5. The summed E-state index contributed by atoms with van der Waals surface area (Å²) in [5, 5.41) is 5.19. The van der Waals surface area contributed by atoms with Crippen LogP contribution in [0.4, 0.5) is 15.8 Å². The van der Waals surface area contributed by atoms with Crippen molar-refractivity contribution in [3.63, 3.8) is 0 Å². The van der Waals surface area contributed by atoms with Gasteiger partial charge in [-0.05, 0) is 42.5 Å². The number of carbonyl (C=O) groups is 2. The zero-order valence-electron chi connectivity index (χ0n) is 14.9. The van der Waals surface area contributed by atoms with Crippen molar-refractivity contribution in [1.29, 1.82) is 0 Å². The van der Waals surface area contributed by atoms with E-state index in [1.807, 2.05) is 0 Å². The maximum Gasteiger partial charge on any atom is 0.243 e. The van der Waals surface area contributed by atoms with E-state index in [1.54, 1.807) is 31.2 Å². The molecule has 2 N–H and O–H groups in total. The van der Waals surface area contributed by atoms with Crippen LogP contribution in [0.2, 0.25) is 0 Å². The van der Waals surface area contributed by atoms with Gasteiger partial charge in [-0.3, -0.25) is 9.59 Å². The Bertz CT molecular complexity index is 930. The van der Waals surface area contributed by atoms with E-state index in [4.69, 9.17) is 0 Å². The van der Waals surface area contributed by atoms with Gasteiger partial charge in [0, 0.05) is 24.8 Å². The molecule has 0 saturated heterocycles. The number of likely N-dealkylation sites (N-methyl/N-ethyl adjacent to an activating group) is 1. The number of benzene rings is 2. The molecule has 0 aliphatic rings. The number of amides is 2. The van der Waals surface area contributed by atoms with Crippen LogP contribution in [0.15, 0.2) is 53.4 Å². The summed E-state index contributed by atoms with van der Waals surface area (Å²) < 4.78 is 39.5. The Labute approximate surface area is 157 Å². The summed E-state index contributed by atoms with van der Waals surface area (Å²) in [7, 11) is -4.00. The van der Waals surface area contributed by atoms with E-state index in [-0.39, 0.29) is 17.3 Å². The third kappa shape index (κ3) is 5.60. The van der Waals surface area contributed by atoms with Gasteiger partial charge in [0.1, 0.15) is 5.82 Å². The van der Waals surface area contributed by atoms with E-state index in [2.05, 4.69) is 10.6 Å². The lowest BCUT2D eigenvalue weighted by Crippen LogP contribution is -2.37. The van der Waals surface area contributed by atoms with Crippen molar-refractivity contribution in [3.8, 4) is 0 Å². The molecule has 0 aromatic heterocycles. The van der Waals surface area contributed by atoms with Gasteiger partial charge in [-0.2, -0.15) is 4.31 Å². The smallest absolute Gasteiger partial charge is 0.243 e. The molecule has 0 bridgehead atoms. The van der Waals surface area contributed by atoms with Gasteiger partial charge in [-0.1, -0.05) is 13.0 Å². The molecule has 2 aromatic carbocycles. The molecule has 2 amide bonds. The number of nitrogens with zero attached hydrogens (tertiary/aromatic N) is 1. The number of anilines is 2. The molecule has 0 saturated carbocycles. The van der Waals surface area contributed by atoms with Gasteiger partial charge >= 0.3 is 0 Å². The van der Waals surface area contributed by atoms with Crippen LogP contribution >= 0.6 is 0 Å². The fourth-order valence-electron chi connectivity index (χ4n) is 2.34. The van der Waals surface area contributed by atoms with Gasteiger partial charge < -0.3 is 10.6 Å². The molecule has 27 heavy (non-hydrogen) atoms. The van der Waals surface area contributed by atoms with E-state index in [1.165, 1.54) is 19.1 Å². The molecule has 0 atom stereocenters. The number of hydrogen-bond acceptors (Lipinski definition) is 4. The third-order valence-corrected chi connectivity index (χ3v) is 5.51. The minimum absolute atomic E-state index is 0.0493. The maximum absolute atomic E-state index is 13.3. The summed E-state index contributed by atoms with van der Waals surface area (Å²) in [6.45, 7) is 2.61. The van der Waals surface area contributed by atoms with E-state index < -0.39 is 28.3 Å². The zero-order chi connectivity index (χ0) is 20.0. The average molecular weight is 393 g/mol. The maximum atomic E-state index is 13.3. The third-order valence-electron chi connectivity index (χ3n) is 3.60. The number of halogens is 1. The van der Waals surface area contributed by atoms with Crippen LogP contribution in [0.3, 0.4) is 0 Å². The van der Waals surface area contributed by atoms with Gasteiger partial charge in [0.25, 0.3) is 0 Å². The first-order valence-corrected chi connectivity index (χ1v) is 9.59. The van der Waals surface area contributed by atoms with Crippen LogP contribution in [-0.2, 0) is 19.6 Å². The molecular formula is C18H20FN3O4S. The fourth-order valence-corrected chi connectivity index (χ4v) is 3.78. The minimum atomic E-state index is -4.00. The first-order valence-electron chi connectivity index (χ1n) is 8.15. The molecule has 0 radical (unpaired) electrons. The Kier molecular flexibility index (Phi) is 6.65. The molecular weight excluding hydrogens is 373 g/mol. The van der Waals surface area contributed by atoms with Crippen molar-refractivity contribution in [2.45, 2.75) is 18.7 Å². The first-order chi connectivity index (χ1) is 12.7. The number of nitrogens with one attached hydrogen (secondary N) is 2. The van der Waals surface area contributed by atoms with E-state index in [0.29, 0.717) is 11.4 Å². The highest BCUT2D eigenvalue weighted by Crippen LogP contribution is 2.17. The van der Waals surface area contributed by atoms with Gasteiger partial charge in [0.15, 0.2) is 0 Å². The topological polar surface area (TPSA) is 95.6 Å². The predicted octanol–water partition coefficient (Wildman–Crippen LogP) is 2.43. The van der Waals surface area contributed by atoms with Crippen LogP contribution in [0.5, 0.6) is 0 Å². The lowest BCUT2D eigenvalue weighted by molar-refractivity contribution is -0.116. The highest BCUT2D eigenvalue weighted by atomic mass is 32.2. The summed E-state index contributed by atoms with van der Waals surface area (Å²) in [5.74, 6) is -1.42. The van der Waals surface area contributed by atoms with Crippen LogP contribution in [-0.4, -0.2) is 37.6 Å². The summed E-state index contributed by atoms with van der Waals surface area (Å²) in [5.41, 5.74) is 1.03. The number of sulfonamides is 1. The van der Waals surface area contributed by atoms with Crippen LogP contribution in [0, 0.1) is 5.82 Å². The van der Waals surface area contributed by atoms with Crippen LogP contribution in [0.1, 0.15) is 13.8 Å². The quantitative estimate of drug-likeness (QED) is 0.755. The van der Waals surface area contributed by atoms with Gasteiger partial charge in [0.2, 0.25) is 21.8 Å². The molecule has 0 heterocycles.